The van der Waals surface area contributed by atoms with Crippen molar-refractivity contribution < 1.29 is 9.90 Å². The van der Waals surface area contributed by atoms with Crippen molar-refractivity contribution in [2.45, 2.75) is 45.8 Å². The Labute approximate surface area is 85.9 Å². The van der Waals surface area contributed by atoms with Crippen molar-refractivity contribution in [2.75, 3.05) is 6.54 Å². The second-order valence-electron chi connectivity index (χ2n) is 4.38. The highest BCUT2D eigenvalue weighted by atomic mass is 16.3. The van der Waals surface area contributed by atoms with Crippen LogP contribution >= 0.6 is 0 Å². The maximum absolute atomic E-state index is 11.3. The lowest BCUT2D eigenvalue weighted by Gasteiger charge is -2.21. The first kappa shape index (κ1) is 13.4. The van der Waals surface area contributed by atoms with Gasteiger partial charge in [0, 0.05) is 6.54 Å². The van der Waals surface area contributed by atoms with Gasteiger partial charge >= 0.3 is 0 Å². The number of nitrogens with two attached hydrogens (primary N) is 1. The molecule has 0 aliphatic heterocycles. The van der Waals surface area contributed by atoms with Crippen LogP contribution in [0.1, 0.15) is 34.1 Å². The third kappa shape index (κ3) is 4.58. The molecule has 0 radical (unpaired) electrons. The molecule has 0 spiro atoms. The molecule has 84 valence electrons. The molecule has 0 aromatic heterocycles. The van der Waals surface area contributed by atoms with Crippen molar-refractivity contribution in [3.8, 4) is 0 Å². The Morgan fingerprint density at radius 3 is 2.43 bits per heavy atom. The van der Waals surface area contributed by atoms with Crippen molar-refractivity contribution in [3.63, 3.8) is 0 Å². The van der Waals surface area contributed by atoms with Gasteiger partial charge in [0.15, 0.2) is 0 Å². The van der Waals surface area contributed by atoms with Crippen LogP contribution in [0.5, 0.6) is 0 Å². The van der Waals surface area contributed by atoms with Crippen LogP contribution in [0.3, 0.4) is 0 Å². The van der Waals surface area contributed by atoms with Crippen LogP contribution in [0.4, 0.5) is 0 Å². The van der Waals surface area contributed by atoms with E-state index in [2.05, 4.69) is 5.32 Å². The van der Waals surface area contributed by atoms with Crippen LogP contribution in [0.2, 0.25) is 0 Å². The average Bonchev–Trinajstić information content (AvgIpc) is 2.10. The predicted octanol–water partition coefficient (Wildman–Crippen LogP) is 0.247. The topological polar surface area (TPSA) is 75.3 Å². The quantitative estimate of drug-likeness (QED) is 0.598. The first-order valence-corrected chi connectivity index (χ1v) is 5.04. The third-order valence-electron chi connectivity index (χ3n) is 2.36. The summed E-state index contributed by atoms with van der Waals surface area (Å²) in [5.74, 6) is -0.0453. The highest BCUT2D eigenvalue weighted by Crippen LogP contribution is 2.06. The van der Waals surface area contributed by atoms with Crippen molar-refractivity contribution in [1.29, 1.82) is 0 Å². The van der Waals surface area contributed by atoms with Gasteiger partial charge in [0.05, 0.1) is 11.6 Å². The number of carbonyl (C=O) groups is 1. The molecule has 4 N–H and O–H groups in total. The number of carbonyl (C=O) groups excluding carboxylic acids is 1. The van der Waals surface area contributed by atoms with Gasteiger partial charge in [0.1, 0.15) is 0 Å². The minimum Gasteiger partial charge on any atom is -0.391 e. The molecule has 0 saturated carbocycles. The monoisotopic (exact) mass is 202 g/mol. The van der Waals surface area contributed by atoms with Gasteiger partial charge in [-0.1, -0.05) is 20.3 Å². The first-order chi connectivity index (χ1) is 6.29. The van der Waals surface area contributed by atoms with E-state index in [4.69, 9.17) is 5.73 Å². The molecule has 0 aromatic rings. The van der Waals surface area contributed by atoms with Gasteiger partial charge in [-0.25, -0.2) is 0 Å². The number of rotatable bonds is 5. The lowest BCUT2D eigenvalue weighted by atomic mass is 10.0. The summed E-state index contributed by atoms with van der Waals surface area (Å²) in [6, 6.07) is 0. The molecule has 4 heteroatoms. The van der Waals surface area contributed by atoms with Gasteiger partial charge in [-0.15, -0.1) is 0 Å². The van der Waals surface area contributed by atoms with E-state index in [0.29, 0.717) is 0 Å². The van der Waals surface area contributed by atoms with Crippen molar-refractivity contribution >= 4 is 5.91 Å². The largest absolute Gasteiger partial charge is 0.391 e. The SMILES string of the molecule is CCC(C)C(O)CNC(=O)C(C)(C)N. The number of hydrogen-bond acceptors (Lipinski definition) is 3. The van der Waals surface area contributed by atoms with E-state index in [1.54, 1.807) is 13.8 Å². The summed E-state index contributed by atoms with van der Waals surface area (Å²) < 4.78 is 0. The minimum atomic E-state index is -0.880. The molecular formula is C10H22N2O2. The molecule has 1 amide bonds. The molecule has 0 rings (SSSR count). The number of amides is 1. The number of nitrogens with one attached hydrogen (secondary N) is 1. The predicted molar refractivity (Wildman–Crippen MR) is 56.7 cm³/mol. The van der Waals surface area contributed by atoms with Gasteiger partial charge in [0.2, 0.25) is 5.91 Å². The maximum atomic E-state index is 11.3. The Kier molecular flexibility index (Phi) is 5.08. The minimum absolute atomic E-state index is 0.191. The van der Waals surface area contributed by atoms with Crippen molar-refractivity contribution in [2.24, 2.45) is 11.7 Å². The first-order valence-electron chi connectivity index (χ1n) is 5.04. The summed E-state index contributed by atoms with van der Waals surface area (Å²) in [7, 11) is 0. The molecule has 14 heavy (non-hydrogen) atoms. The Morgan fingerprint density at radius 1 is 1.57 bits per heavy atom. The smallest absolute Gasteiger partial charge is 0.239 e. The molecule has 0 aliphatic carbocycles. The summed E-state index contributed by atoms with van der Waals surface area (Å²) in [6.07, 6.45) is 0.398. The van der Waals surface area contributed by atoms with Crippen LogP contribution in [0, 0.1) is 5.92 Å². The molecule has 2 unspecified atom stereocenters. The van der Waals surface area contributed by atoms with Crippen LogP contribution in [0.25, 0.3) is 0 Å². The second-order valence-corrected chi connectivity index (χ2v) is 4.38. The molecular weight excluding hydrogens is 180 g/mol. The van der Waals surface area contributed by atoms with Crippen LogP contribution in [0.15, 0.2) is 0 Å². The zero-order valence-electron chi connectivity index (χ0n) is 9.50. The van der Waals surface area contributed by atoms with E-state index in [1.165, 1.54) is 0 Å². The maximum Gasteiger partial charge on any atom is 0.239 e. The highest BCUT2D eigenvalue weighted by Gasteiger charge is 2.22. The van der Waals surface area contributed by atoms with Crippen molar-refractivity contribution in [3.05, 3.63) is 0 Å². The van der Waals surface area contributed by atoms with Gasteiger partial charge in [-0.2, -0.15) is 0 Å². The molecule has 0 heterocycles. The summed E-state index contributed by atoms with van der Waals surface area (Å²) in [4.78, 5) is 11.3. The Hall–Kier alpha value is -0.610. The lowest BCUT2D eigenvalue weighted by Crippen LogP contribution is -2.51. The van der Waals surface area contributed by atoms with Gasteiger partial charge in [-0.3, -0.25) is 4.79 Å². The molecule has 0 aliphatic rings. The fraction of sp³-hybridized carbons (Fsp3) is 0.900. The summed E-state index contributed by atoms with van der Waals surface area (Å²) in [5, 5.41) is 12.2. The Morgan fingerprint density at radius 2 is 2.07 bits per heavy atom. The van der Waals surface area contributed by atoms with E-state index in [1.807, 2.05) is 13.8 Å². The van der Waals surface area contributed by atoms with E-state index in [0.717, 1.165) is 6.42 Å². The summed E-state index contributed by atoms with van der Waals surface area (Å²) in [6.45, 7) is 7.50. The summed E-state index contributed by atoms with van der Waals surface area (Å²) in [5.41, 5.74) is 4.70. The standard InChI is InChI=1S/C10H22N2O2/c1-5-7(2)8(13)6-12-9(14)10(3,4)11/h7-8,13H,5-6,11H2,1-4H3,(H,12,14). The number of hydrogen-bond donors (Lipinski definition) is 3. The molecule has 4 nitrogen and oxygen atoms in total. The molecule has 0 aromatic carbocycles. The lowest BCUT2D eigenvalue weighted by molar-refractivity contribution is -0.125. The van der Waals surface area contributed by atoms with E-state index >= 15 is 0 Å². The normalized spacial score (nSPS) is 16.1. The molecule has 2 atom stereocenters. The number of aliphatic hydroxyl groups excluding tert-OH is 1. The number of aliphatic hydroxyl groups is 1. The van der Waals surface area contributed by atoms with Crippen LogP contribution < -0.4 is 11.1 Å². The fourth-order valence-electron chi connectivity index (χ4n) is 0.898. The Balaban J connectivity index is 3.89. The molecule has 0 saturated heterocycles. The zero-order chi connectivity index (χ0) is 11.4. The van der Waals surface area contributed by atoms with E-state index in [-0.39, 0.29) is 18.4 Å². The highest BCUT2D eigenvalue weighted by molar-refractivity contribution is 5.85. The summed E-state index contributed by atoms with van der Waals surface area (Å²) >= 11 is 0. The zero-order valence-corrected chi connectivity index (χ0v) is 9.50. The Bertz CT molecular complexity index is 187. The van der Waals surface area contributed by atoms with E-state index in [9.17, 15) is 9.90 Å². The van der Waals surface area contributed by atoms with Crippen molar-refractivity contribution in [1.82, 2.24) is 5.32 Å². The van der Waals surface area contributed by atoms with Gasteiger partial charge < -0.3 is 16.2 Å². The third-order valence-corrected chi connectivity index (χ3v) is 2.36. The van der Waals surface area contributed by atoms with E-state index < -0.39 is 11.6 Å². The molecule has 0 bridgehead atoms. The fourth-order valence-corrected chi connectivity index (χ4v) is 0.898. The van der Waals surface area contributed by atoms with Crippen LogP contribution in [-0.4, -0.2) is 29.2 Å². The molecule has 0 fully saturated rings. The second kappa shape index (κ2) is 5.32. The van der Waals surface area contributed by atoms with Gasteiger partial charge in [0.25, 0.3) is 0 Å². The van der Waals surface area contributed by atoms with Crippen LogP contribution in [-0.2, 0) is 4.79 Å². The average molecular weight is 202 g/mol. The van der Waals surface area contributed by atoms with Gasteiger partial charge in [-0.05, 0) is 19.8 Å².